The highest BCUT2D eigenvalue weighted by molar-refractivity contribution is 5.08. The van der Waals surface area contributed by atoms with E-state index in [0.717, 1.165) is 35.5 Å². The number of fused-ring (bicyclic) bond motifs is 1. The topological polar surface area (TPSA) is 6.48 Å². The Bertz CT molecular complexity index is 314. The van der Waals surface area contributed by atoms with Crippen LogP contribution in [-0.4, -0.2) is 49.1 Å². The van der Waals surface area contributed by atoms with Crippen molar-refractivity contribution >= 4 is 0 Å². The van der Waals surface area contributed by atoms with Gasteiger partial charge in [0.25, 0.3) is 0 Å². The molecule has 6 atom stereocenters. The van der Waals surface area contributed by atoms with E-state index in [1.165, 1.54) is 45.7 Å². The molecule has 2 nitrogen and oxygen atoms in total. The molecule has 0 N–H and O–H groups in total. The molecule has 2 bridgehead atoms. The fourth-order valence-corrected chi connectivity index (χ4v) is 6.33. The van der Waals surface area contributed by atoms with E-state index in [2.05, 4.69) is 23.6 Å². The van der Waals surface area contributed by atoms with Crippen molar-refractivity contribution in [3.05, 3.63) is 0 Å². The van der Waals surface area contributed by atoms with Crippen LogP contribution in [0.1, 0.15) is 33.1 Å². The zero-order valence-corrected chi connectivity index (χ0v) is 12.7. The third-order valence-corrected chi connectivity index (χ3v) is 7.00. The van der Waals surface area contributed by atoms with Gasteiger partial charge in [-0.05, 0) is 67.9 Å². The molecule has 0 amide bonds. The third kappa shape index (κ3) is 1.82. The number of nitrogens with zero attached hydrogens (tertiary/aromatic N) is 2. The quantitative estimate of drug-likeness (QED) is 0.771. The average molecular weight is 262 g/mol. The van der Waals surface area contributed by atoms with E-state index in [-0.39, 0.29) is 0 Å². The molecular weight excluding hydrogens is 232 g/mol. The summed E-state index contributed by atoms with van der Waals surface area (Å²) in [5, 5.41) is 0. The molecule has 2 heterocycles. The Morgan fingerprint density at radius 2 is 1.16 bits per heavy atom. The van der Waals surface area contributed by atoms with E-state index in [1.807, 2.05) is 0 Å². The minimum Gasteiger partial charge on any atom is -0.303 e. The Balaban J connectivity index is 1.55. The summed E-state index contributed by atoms with van der Waals surface area (Å²) in [6.45, 7) is 13.1. The Labute approximate surface area is 118 Å². The van der Waals surface area contributed by atoms with Gasteiger partial charge in [-0.15, -0.1) is 0 Å². The second-order valence-corrected chi connectivity index (χ2v) is 7.67. The molecule has 0 aromatic rings. The van der Waals surface area contributed by atoms with Crippen LogP contribution in [0, 0.1) is 35.5 Å². The van der Waals surface area contributed by atoms with Gasteiger partial charge in [-0.25, -0.2) is 0 Å². The number of hydrogen-bond donors (Lipinski definition) is 0. The van der Waals surface area contributed by atoms with Crippen LogP contribution in [0.15, 0.2) is 0 Å². The van der Waals surface area contributed by atoms with Crippen LogP contribution in [0.25, 0.3) is 0 Å². The van der Waals surface area contributed by atoms with Crippen LogP contribution in [0.4, 0.5) is 0 Å². The molecule has 2 saturated heterocycles. The Morgan fingerprint density at radius 3 is 1.58 bits per heavy atom. The second-order valence-electron chi connectivity index (χ2n) is 7.67. The van der Waals surface area contributed by atoms with E-state index in [0.29, 0.717) is 0 Å². The fourth-order valence-electron chi connectivity index (χ4n) is 6.33. The molecule has 0 radical (unpaired) electrons. The molecule has 5 rings (SSSR count). The van der Waals surface area contributed by atoms with Crippen molar-refractivity contribution in [2.24, 2.45) is 35.5 Å². The van der Waals surface area contributed by atoms with Gasteiger partial charge in [0.2, 0.25) is 0 Å². The summed E-state index contributed by atoms with van der Waals surface area (Å²) in [4.78, 5) is 5.53. The van der Waals surface area contributed by atoms with Crippen LogP contribution in [-0.2, 0) is 0 Å². The van der Waals surface area contributed by atoms with Crippen molar-refractivity contribution in [3.8, 4) is 0 Å². The predicted octanol–water partition coefficient (Wildman–Crippen LogP) is 2.55. The van der Waals surface area contributed by atoms with Crippen LogP contribution in [0.2, 0.25) is 0 Å². The van der Waals surface area contributed by atoms with Gasteiger partial charge in [0.1, 0.15) is 0 Å². The first-order chi connectivity index (χ1) is 9.31. The fraction of sp³-hybridized carbons (Fsp3) is 1.00. The van der Waals surface area contributed by atoms with Gasteiger partial charge in [-0.3, -0.25) is 0 Å². The van der Waals surface area contributed by atoms with Crippen LogP contribution in [0.3, 0.4) is 0 Å². The standard InChI is InChI=1S/C17H30N2/c1-3-7-19-10-16-12-5-6-13(17(16)11-19)15-9-18(4-2)8-14(12)15/h12-17H,3-11H2,1-2H3. The van der Waals surface area contributed by atoms with Gasteiger partial charge < -0.3 is 9.80 Å². The lowest BCUT2D eigenvalue weighted by Crippen LogP contribution is -2.49. The monoisotopic (exact) mass is 262 g/mol. The number of rotatable bonds is 3. The molecule has 5 fully saturated rings. The first-order valence-corrected chi connectivity index (χ1v) is 8.76. The molecule has 3 saturated carbocycles. The summed E-state index contributed by atoms with van der Waals surface area (Å²) in [5.74, 6) is 6.45. The molecule has 3 aliphatic carbocycles. The lowest BCUT2D eigenvalue weighted by Gasteiger charge is -2.52. The maximum atomic E-state index is 2.79. The van der Waals surface area contributed by atoms with Crippen molar-refractivity contribution in [2.45, 2.75) is 33.1 Å². The second kappa shape index (κ2) is 4.73. The highest BCUT2D eigenvalue weighted by Crippen LogP contribution is 2.59. The van der Waals surface area contributed by atoms with Gasteiger partial charge in [0.05, 0.1) is 0 Å². The lowest BCUT2D eigenvalue weighted by atomic mass is 9.52. The van der Waals surface area contributed by atoms with Gasteiger partial charge in [-0.1, -0.05) is 13.8 Å². The minimum absolute atomic E-state index is 1.07. The molecule has 0 aromatic heterocycles. The Hall–Kier alpha value is -0.0800. The predicted molar refractivity (Wildman–Crippen MR) is 79.0 cm³/mol. The molecule has 0 aromatic carbocycles. The molecule has 6 unspecified atom stereocenters. The van der Waals surface area contributed by atoms with Crippen LogP contribution in [0.5, 0.6) is 0 Å². The summed E-state index contributed by atoms with van der Waals surface area (Å²) >= 11 is 0. The minimum atomic E-state index is 1.07. The number of likely N-dealkylation sites (tertiary alicyclic amines) is 2. The first kappa shape index (κ1) is 12.6. The summed E-state index contributed by atoms with van der Waals surface area (Å²) < 4.78 is 0. The first-order valence-electron chi connectivity index (χ1n) is 8.76. The van der Waals surface area contributed by atoms with Crippen LogP contribution < -0.4 is 0 Å². The number of hydrogen-bond acceptors (Lipinski definition) is 2. The summed E-state index contributed by atoms with van der Waals surface area (Å²) in [6.07, 6.45) is 4.46. The van der Waals surface area contributed by atoms with Crippen molar-refractivity contribution in [3.63, 3.8) is 0 Å². The summed E-state index contributed by atoms with van der Waals surface area (Å²) in [6, 6.07) is 0. The molecule has 108 valence electrons. The Morgan fingerprint density at radius 1 is 0.684 bits per heavy atom. The molecule has 19 heavy (non-hydrogen) atoms. The summed E-state index contributed by atoms with van der Waals surface area (Å²) in [5.41, 5.74) is 0. The van der Waals surface area contributed by atoms with E-state index < -0.39 is 0 Å². The third-order valence-electron chi connectivity index (χ3n) is 7.00. The van der Waals surface area contributed by atoms with E-state index in [4.69, 9.17) is 0 Å². The normalized spacial score (nSPS) is 49.6. The average Bonchev–Trinajstić information content (AvgIpc) is 3.03. The lowest BCUT2D eigenvalue weighted by molar-refractivity contribution is -0.0289. The maximum absolute atomic E-state index is 2.79. The van der Waals surface area contributed by atoms with Gasteiger partial charge in [-0.2, -0.15) is 0 Å². The van der Waals surface area contributed by atoms with E-state index >= 15 is 0 Å². The van der Waals surface area contributed by atoms with Crippen molar-refractivity contribution in [1.29, 1.82) is 0 Å². The van der Waals surface area contributed by atoms with Gasteiger partial charge >= 0.3 is 0 Å². The molecule has 2 heteroatoms. The highest BCUT2D eigenvalue weighted by atomic mass is 15.2. The van der Waals surface area contributed by atoms with E-state index in [9.17, 15) is 0 Å². The smallest absolute Gasteiger partial charge is 0.00158 e. The van der Waals surface area contributed by atoms with Crippen molar-refractivity contribution in [2.75, 3.05) is 39.3 Å². The van der Waals surface area contributed by atoms with Crippen LogP contribution >= 0.6 is 0 Å². The molecule has 2 aliphatic heterocycles. The highest BCUT2D eigenvalue weighted by Gasteiger charge is 2.58. The van der Waals surface area contributed by atoms with Gasteiger partial charge in [0.15, 0.2) is 0 Å². The van der Waals surface area contributed by atoms with Crippen molar-refractivity contribution < 1.29 is 0 Å². The zero-order chi connectivity index (χ0) is 13.0. The maximum Gasteiger partial charge on any atom is 0.00158 e. The van der Waals surface area contributed by atoms with Gasteiger partial charge in [0, 0.05) is 26.2 Å². The Kier molecular flexibility index (Phi) is 3.15. The zero-order valence-electron chi connectivity index (χ0n) is 12.7. The molecule has 0 spiro atoms. The van der Waals surface area contributed by atoms with E-state index in [1.54, 1.807) is 12.8 Å². The molecule has 5 aliphatic rings. The largest absolute Gasteiger partial charge is 0.303 e. The molecular formula is C17H30N2. The SMILES string of the molecule is CCCN1CC2C3CCC(C4CN(CC)CC34)C2C1. The summed E-state index contributed by atoms with van der Waals surface area (Å²) in [7, 11) is 0. The van der Waals surface area contributed by atoms with Crippen molar-refractivity contribution in [1.82, 2.24) is 9.80 Å².